The lowest BCUT2D eigenvalue weighted by Crippen LogP contribution is -2.22. The smallest absolute Gasteiger partial charge is 0.251 e. The molecule has 4 nitrogen and oxygen atoms in total. The average Bonchev–Trinajstić information content (AvgIpc) is 2.87. The summed E-state index contributed by atoms with van der Waals surface area (Å²) < 4.78 is 19.9. The number of rotatable bonds is 3. The summed E-state index contributed by atoms with van der Waals surface area (Å²) in [6.07, 6.45) is 1.79. The molecule has 0 saturated heterocycles. The molecule has 0 N–H and O–H groups in total. The summed E-state index contributed by atoms with van der Waals surface area (Å²) in [4.78, 5) is 12.2. The minimum absolute atomic E-state index is 0.114. The molecule has 0 radical (unpaired) electrons. The molecule has 3 rings (SSSR count). The Morgan fingerprint density at radius 2 is 1.83 bits per heavy atom. The molecular weight excluding hydrogens is 295 g/mol. The zero-order valence-electron chi connectivity index (χ0n) is 13.2. The first-order chi connectivity index (χ1) is 11.0. The molecule has 0 aliphatic rings. The van der Waals surface area contributed by atoms with Crippen molar-refractivity contribution in [3.63, 3.8) is 0 Å². The third kappa shape index (κ3) is 2.82. The predicted octanol–water partition coefficient (Wildman–Crippen LogP) is 3.87. The van der Waals surface area contributed by atoms with E-state index < -0.39 is 0 Å². The van der Waals surface area contributed by atoms with Crippen molar-refractivity contribution >= 4 is 0 Å². The Kier molecular flexibility index (Phi) is 3.86. The van der Waals surface area contributed by atoms with Crippen LogP contribution in [0.5, 0.6) is 0 Å². The van der Waals surface area contributed by atoms with Gasteiger partial charge in [-0.25, -0.2) is 4.39 Å². The summed E-state index contributed by atoms with van der Waals surface area (Å²) in [5.41, 5.74) is 3.30. The van der Waals surface area contributed by atoms with Gasteiger partial charge < -0.3 is 9.09 Å². The van der Waals surface area contributed by atoms with Crippen LogP contribution in [0, 0.1) is 19.7 Å². The van der Waals surface area contributed by atoms with Gasteiger partial charge in [-0.15, -0.1) is 0 Å². The van der Waals surface area contributed by atoms with Gasteiger partial charge in [0.15, 0.2) is 0 Å². The van der Waals surface area contributed by atoms with E-state index in [1.165, 1.54) is 18.2 Å². The van der Waals surface area contributed by atoms with Crippen LogP contribution in [-0.2, 0) is 0 Å². The third-order valence-corrected chi connectivity index (χ3v) is 4.03. The van der Waals surface area contributed by atoms with Crippen LogP contribution in [0.25, 0.3) is 11.1 Å². The van der Waals surface area contributed by atoms with E-state index in [0.717, 1.165) is 22.4 Å². The van der Waals surface area contributed by atoms with E-state index in [2.05, 4.69) is 5.16 Å². The number of hydrogen-bond donors (Lipinski definition) is 0. The van der Waals surface area contributed by atoms with Gasteiger partial charge in [-0.3, -0.25) is 4.79 Å². The molecule has 0 aliphatic carbocycles. The Hall–Kier alpha value is -2.69. The van der Waals surface area contributed by atoms with Crippen molar-refractivity contribution in [2.45, 2.75) is 26.8 Å². The van der Waals surface area contributed by atoms with Crippen molar-refractivity contribution in [2.24, 2.45) is 0 Å². The lowest BCUT2D eigenvalue weighted by molar-refractivity contribution is 0.393. The lowest BCUT2D eigenvalue weighted by Gasteiger charge is -2.16. The molecule has 3 aromatic rings. The van der Waals surface area contributed by atoms with E-state index in [1.54, 1.807) is 29.0 Å². The number of halogens is 1. The summed E-state index contributed by atoms with van der Waals surface area (Å²) in [5, 5.41) is 3.95. The summed E-state index contributed by atoms with van der Waals surface area (Å²) in [7, 11) is 0. The Labute approximate surface area is 133 Å². The molecule has 0 aliphatic heterocycles. The molecule has 1 atom stereocenters. The van der Waals surface area contributed by atoms with E-state index in [0.29, 0.717) is 5.76 Å². The number of aromatic nitrogens is 2. The second-order valence-corrected chi connectivity index (χ2v) is 5.59. The lowest BCUT2D eigenvalue weighted by atomic mass is 10.0. The largest absolute Gasteiger partial charge is 0.361 e. The minimum atomic E-state index is -0.294. The second-order valence-electron chi connectivity index (χ2n) is 5.59. The van der Waals surface area contributed by atoms with E-state index in [1.807, 2.05) is 20.8 Å². The summed E-state index contributed by atoms with van der Waals surface area (Å²) in [6, 6.07) is 9.27. The SMILES string of the molecule is Cc1noc(C)c1-c1ccc(=O)n(C(C)c2ccc(F)cc2)c1. The summed E-state index contributed by atoms with van der Waals surface area (Å²) >= 11 is 0. The molecule has 1 unspecified atom stereocenters. The Balaban J connectivity index is 2.08. The molecule has 118 valence electrons. The first-order valence-corrected chi connectivity index (χ1v) is 7.38. The monoisotopic (exact) mass is 312 g/mol. The maximum absolute atomic E-state index is 13.1. The summed E-state index contributed by atoms with van der Waals surface area (Å²) in [5.74, 6) is 0.417. The van der Waals surface area contributed by atoms with Crippen LogP contribution in [0.2, 0.25) is 0 Å². The highest BCUT2D eigenvalue weighted by Crippen LogP contribution is 2.27. The van der Waals surface area contributed by atoms with Crippen LogP contribution >= 0.6 is 0 Å². The molecule has 0 fully saturated rings. The fourth-order valence-electron chi connectivity index (χ4n) is 2.75. The van der Waals surface area contributed by atoms with Gasteiger partial charge in [0.2, 0.25) is 0 Å². The maximum atomic E-state index is 13.1. The molecule has 2 heterocycles. The van der Waals surface area contributed by atoms with Gasteiger partial charge in [0.25, 0.3) is 5.56 Å². The standard InChI is InChI=1S/C18H17FN2O2/c1-11-18(13(3)23-20-11)15-6-9-17(22)21(10-15)12(2)14-4-7-16(19)8-5-14/h4-10,12H,1-3H3. The Morgan fingerprint density at radius 1 is 1.13 bits per heavy atom. The molecule has 0 saturated carbocycles. The van der Waals surface area contributed by atoms with Crippen molar-refractivity contribution in [1.82, 2.24) is 9.72 Å². The number of pyridine rings is 1. The Bertz CT molecular complexity index is 875. The first kappa shape index (κ1) is 15.2. The van der Waals surface area contributed by atoms with Gasteiger partial charge in [0.1, 0.15) is 11.6 Å². The minimum Gasteiger partial charge on any atom is -0.361 e. The van der Waals surface area contributed by atoms with Gasteiger partial charge in [-0.1, -0.05) is 17.3 Å². The quantitative estimate of drug-likeness (QED) is 0.737. The highest BCUT2D eigenvalue weighted by Gasteiger charge is 2.15. The number of benzene rings is 1. The topological polar surface area (TPSA) is 48.0 Å². The molecule has 0 amide bonds. The van der Waals surface area contributed by atoms with Gasteiger partial charge in [-0.05, 0) is 44.5 Å². The summed E-state index contributed by atoms with van der Waals surface area (Å²) in [6.45, 7) is 5.62. The molecule has 2 aromatic heterocycles. The van der Waals surface area contributed by atoms with E-state index in [-0.39, 0.29) is 17.4 Å². The van der Waals surface area contributed by atoms with Crippen molar-refractivity contribution in [3.8, 4) is 11.1 Å². The number of aryl methyl sites for hydroxylation is 2. The highest BCUT2D eigenvalue weighted by molar-refractivity contribution is 5.66. The highest BCUT2D eigenvalue weighted by atomic mass is 19.1. The van der Waals surface area contributed by atoms with Crippen molar-refractivity contribution in [3.05, 3.63) is 75.8 Å². The zero-order valence-corrected chi connectivity index (χ0v) is 13.2. The van der Waals surface area contributed by atoms with Gasteiger partial charge in [0.05, 0.1) is 11.7 Å². The molecule has 1 aromatic carbocycles. The predicted molar refractivity (Wildman–Crippen MR) is 85.9 cm³/mol. The van der Waals surface area contributed by atoms with E-state index >= 15 is 0 Å². The van der Waals surface area contributed by atoms with Gasteiger partial charge in [-0.2, -0.15) is 0 Å². The van der Waals surface area contributed by atoms with E-state index in [4.69, 9.17) is 4.52 Å². The van der Waals surface area contributed by atoms with Crippen molar-refractivity contribution < 1.29 is 8.91 Å². The molecule has 23 heavy (non-hydrogen) atoms. The maximum Gasteiger partial charge on any atom is 0.251 e. The van der Waals surface area contributed by atoms with Crippen LogP contribution < -0.4 is 5.56 Å². The first-order valence-electron chi connectivity index (χ1n) is 7.38. The zero-order chi connectivity index (χ0) is 16.6. The fourth-order valence-corrected chi connectivity index (χ4v) is 2.75. The van der Waals surface area contributed by atoms with Crippen LogP contribution in [0.15, 0.2) is 51.9 Å². The van der Waals surface area contributed by atoms with Crippen LogP contribution in [-0.4, -0.2) is 9.72 Å². The molecule has 0 spiro atoms. The fraction of sp³-hybridized carbons (Fsp3) is 0.222. The van der Waals surface area contributed by atoms with Gasteiger partial charge >= 0.3 is 0 Å². The third-order valence-electron chi connectivity index (χ3n) is 4.03. The van der Waals surface area contributed by atoms with Crippen molar-refractivity contribution in [2.75, 3.05) is 0 Å². The van der Waals surface area contributed by atoms with Crippen molar-refractivity contribution in [1.29, 1.82) is 0 Å². The average molecular weight is 312 g/mol. The Morgan fingerprint density at radius 3 is 2.43 bits per heavy atom. The number of hydrogen-bond acceptors (Lipinski definition) is 3. The van der Waals surface area contributed by atoms with Crippen LogP contribution in [0.1, 0.15) is 30.0 Å². The number of nitrogens with zero attached hydrogens (tertiary/aromatic N) is 2. The molecule has 0 bridgehead atoms. The van der Waals surface area contributed by atoms with Gasteiger partial charge in [0, 0.05) is 23.4 Å². The normalized spacial score (nSPS) is 12.3. The molecular formula is C18H17FN2O2. The second kappa shape index (κ2) is 5.83. The van der Waals surface area contributed by atoms with E-state index in [9.17, 15) is 9.18 Å². The van der Waals surface area contributed by atoms with Crippen LogP contribution in [0.3, 0.4) is 0 Å². The molecule has 5 heteroatoms. The van der Waals surface area contributed by atoms with Crippen LogP contribution in [0.4, 0.5) is 4.39 Å².